The van der Waals surface area contributed by atoms with E-state index < -0.39 is 0 Å². The van der Waals surface area contributed by atoms with Gasteiger partial charge in [0.2, 0.25) is 0 Å². The van der Waals surface area contributed by atoms with Gasteiger partial charge in [-0.2, -0.15) is 5.10 Å². The van der Waals surface area contributed by atoms with Crippen LogP contribution in [0.25, 0.3) is 27.9 Å². The van der Waals surface area contributed by atoms with Gasteiger partial charge in [-0.05, 0) is 35.9 Å². The summed E-state index contributed by atoms with van der Waals surface area (Å²) >= 11 is 0. The van der Waals surface area contributed by atoms with Crippen molar-refractivity contribution < 1.29 is 0 Å². The summed E-state index contributed by atoms with van der Waals surface area (Å²) in [6, 6.07) is 27.4. The maximum absolute atomic E-state index is 5.02. The van der Waals surface area contributed by atoms with Crippen LogP contribution in [0, 0.1) is 0 Å². The highest BCUT2D eigenvalue weighted by Crippen LogP contribution is 2.38. The first-order chi connectivity index (χ1) is 15.4. The van der Waals surface area contributed by atoms with Gasteiger partial charge in [-0.15, -0.1) is 0 Å². The molecular weight excluding hydrogens is 380 g/mol. The van der Waals surface area contributed by atoms with Gasteiger partial charge in [-0.1, -0.05) is 60.7 Å². The molecule has 4 heteroatoms. The lowest BCUT2D eigenvalue weighted by molar-refractivity contribution is 0.714. The molecule has 0 amide bonds. The van der Waals surface area contributed by atoms with Crippen molar-refractivity contribution in [3.63, 3.8) is 0 Å². The zero-order chi connectivity index (χ0) is 20.6. The molecule has 31 heavy (non-hydrogen) atoms. The summed E-state index contributed by atoms with van der Waals surface area (Å²) in [7, 11) is 0. The van der Waals surface area contributed by atoms with Crippen molar-refractivity contribution in [2.45, 2.75) is 12.5 Å². The largest absolute Gasteiger partial charge is 0.361 e. The Kier molecular flexibility index (Phi) is 4.20. The maximum Gasteiger partial charge on any atom is 0.0852 e. The van der Waals surface area contributed by atoms with Crippen LogP contribution in [0.4, 0.5) is 5.69 Å². The van der Waals surface area contributed by atoms with Gasteiger partial charge in [0.05, 0.1) is 17.4 Å². The third-order valence-corrected chi connectivity index (χ3v) is 6.01. The summed E-state index contributed by atoms with van der Waals surface area (Å²) in [5, 5.41) is 9.66. The fourth-order valence-electron chi connectivity index (χ4n) is 4.48. The summed E-state index contributed by atoms with van der Waals surface area (Å²) in [5.74, 6) is 0. The van der Waals surface area contributed by atoms with Crippen LogP contribution >= 0.6 is 0 Å². The molecule has 0 saturated heterocycles. The van der Waals surface area contributed by atoms with Gasteiger partial charge in [-0.3, -0.25) is 5.01 Å². The SMILES string of the molecule is C(=Cc1c[nH]c2ccccc12)C1=NN(c2ccccc2)C(c2c[nH]c3ccccc23)C1. The van der Waals surface area contributed by atoms with Crippen molar-refractivity contribution >= 4 is 39.3 Å². The highest BCUT2D eigenvalue weighted by atomic mass is 15.5. The molecule has 3 aromatic carbocycles. The molecule has 4 nitrogen and oxygen atoms in total. The van der Waals surface area contributed by atoms with E-state index in [1.165, 1.54) is 21.9 Å². The third kappa shape index (κ3) is 3.13. The number of para-hydroxylation sites is 3. The number of benzene rings is 3. The van der Waals surface area contributed by atoms with Crippen LogP contribution in [0.2, 0.25) is 0 Å². The number of nitrogens with one attached hydrogen (secondary N) is 2. The van der Waals surface area contributed by atoms with Gasteiger partial charge >= 0.3 is 0 Å². The van der Waals surface area contributed by atoms with Crippen LogP contribution in [-0.2, 0) is 0 Å². The lowest BCUT2D eigenvalue weighted by Crippen LogP contribution is -2.18. The number of nitrogens with zero attached hydrogens (tertiary/aromatic N) is 2. The van der Waals surface area contributed by atoms with E-state index in [9.17, 15) is 0 Å². The second-order valence-corrected chi connectivity index (χ2v) is 7.90. The molecule has 150 valence electrons. The quantitative estimate of drug-likeness (QED) is 0.346. The Morgan fingerprint density at radius 2 is 1.42 bits per heavy atom. The lowest BCUT2D eigenvalue weighted by atomic mass is 10.00. The summed E-state index contributed by atoms with van der Waals surface area (Å²) in [6.45, 7) is 0. The second kappa shape index (κ2) is 7.33. The number of allylic oxidation sites excluding steroid dienone is 1. The van der Waals surface area contributed by atoms with Crippen LogP contribution in [0.5, 0.6) is 0 Å². The van der Waals surface area contributed by atoms with Crippen LogP contribution in [0.3, 0.4) is 0 Å². The predicted molar refractivity (Wildman–Crippen MR) is 129 cm³/mol. The van der Waals surface area contributed by atoms with Crippen molar-refractivity contribution in [3.8, 4) is 0 Å². The average molecular weight is 403 g/mol. The number of hydrazone groups is 1. The minimum Gasteiger partial charge on any atom is -0.361 e. The van der Waals surface area contributed by atoms with Crippen LogP contribution in [-0.4, -0.2) is 15.7 Å². The first-order valence-corrected chi connectivity index (χ1v) is 10.6. The van der Waals surface area contributed by atoms with Crippen molar-refractivity contribution in [3.05, 3.63) is 108 Å². The van der Waals surface area contributed by atoms with E-state index >= 15 is 0 Å². The molecule has 1 unspecified atom stereocenters. The molecule has 2 N–H and O–H groups in total. The Bertz CT molecular complexity index is 1420. The number of rotatable bonds is 4. The van der Waals surface area contributed by atoms with Gasteiger partial charge in [0.1, 0.15) is 0 Å². The molecule has 2 aromatic heterocycles. The zero-order valence-corrected chi connectivity index (χ0v) is 17.0. The number of aromatic nitrogens is 2. The molecule has 6 rings (SSSR count). The fourth-order valence-corrected chi connectivity index (χ4v) is 4.48. The second-order valence-electron chi connectivity index (χ2n) is 7.90. The smallest absolute Gasteiger partial charge is 0.0852 e. The van der Waals surface area contributed by atoms with E-state index in [1.54, 1.807) is 0 Å². The number of H-pyrrole nitrogens is 2. The summed E-state index contributed by atoms with van der Waals surface area (Å²) < 4.78 is 0. The molecule has 1 aliphatic rings. The Morgan fingerprint density at radius 3 is 2.26 bits per heavy atom. The van der Waals surface area contributed by atoms with Gasteiger partial charge in [-0.25, -0.2) is 0 Å². The molecule has 0 radical (unpaired) electrons. The van der Waals surface area contributed by atoms with Gasteiger partial charge in [0.15, 0.2) is 0 Å². The Morgan fingerprint density at radius 1 is 0.742 bits per heavy atom. The number of hydrogen-bond acceptors (Lipinski definition) is 2. The van der Waals surface area contributed by atoms with Crippen molar-refractivity contribution in [1.82, 2.24) is 9.97 Å². The maximum atomic E-state index is 5.02. The predicted octanol–water partition coefficient (Wildman–Crippen LogP) is 6.67. The van der Waals surface area contributed by atoms with Gasteiger partial charge in [0, 0.05) is 46.2 Å². The number of aromatic amines is 2. The normalized spacial score (nSPS) is 16.6. The molecule has 5 aromatic rings. The van der Waals surface area contributed by atoms with Crippen LogP contribution in [0.1, 0.15) is 23.6 Å². The molecule has 0 fully saturated rings. The van der Waals surface area contributed by atoms with E-state index in [-0.39, 0.29) is 6.04 Å². The summed E-state index contributed by atoms with van der Waals surface area (Å²) in [4.78, 5) is 6.77. The van der Waals surface area contributed by atoms with Crippen molar-refractivity contribution in [2.75, 3.05) is 5.01 Å². The lowest BCUT2D eigenvalue weighted by Gasteiger charge is -2.23. The third-order valence-electron chi connectivity index (χ3n) is 6.01. The van der Waals surface area contributed by atoms with E-state index in [1.807, 2.05) is 6.07 Å². The first kappa shape index (κ1) is 17.8. The monoisotopic (exact) mass is 402 g/mol. The Hall–Kier alpha value is -4.05. The minimum absolute atomic E-state index is 0.154. The number of hydrogen-bond donors (Lipinski definition) is 2. The molecule has 0 spiro atoms. The topological polar surface area (TPSA) is 47.2 Å². The van der Waals surface area contributed by atoms with Crippen molar-refractivity contribution in [1.29, 1.82) is 0 Å². The minimum atomic E-state index is 0.154. The molecular formula is C27H22N4. The van der Waals surface area contributed by atoms with Crippen molar-refractivity contribution in [2.24, 2.45) is 5.10 Å². The number of anilines is 1. The molecule has 1 aliphatic heterocycles. The molecule has 3 heterocycles. The highest BCUT2D eigenvalue weighted by Gasteiger charge is 2.30. The van der Waals surface area contributed by atoms with E-state index in [4.69, 9.17) is 5.10 Å². The van der Waals surface area contributed by atoms with E-state index in [2.05, 4.69) is 112 Å². The molecule has 0 saturated carbocycles. The van der Waals surface area contributed by atoms with Gasteiger partial charge < -0.3 is 9.97 Å². The van der Waals surface area contributed by atoms with Crippen LogP contribution < -0.4 is 5.01 Å². The zero-order valence-electron chi connectivity index (χ0n) is 17.0. The standard InChI is InChI=1S/C27H22N4/c1-2-8-21(9-3-1)31-27(24-18-29-26-13-7-5-11-23(24)26)16-20(30-31)15-14-19-17-28-25-12-6-4-10-22(19)25/h1-15,17-18,27-29H,16H2. The van der Waals surface area contributed by atoms with Gasteiger partial charge in [0.25, 0.3) is 0 Å². The summed E-state index contributed by atoms with van der Waals surface area (Å²) in [5.41, 5.74) is 6.95. The fraction of sp³-hybridized carbons (Fsp3) is 0.0741. The molecule has 0 bridgehead atoms. The average Bonchev–Trinajstić information content (AvgIpc) is 3.54. The van der Waals surface area contributed by atoms with E-state index in [0.717, 1.165) is 28.9 Å². The number of fused-ring (bicyclic) bond motifs is 2. The first-order valence-electron chi connectivity index (χ1n) is 10.6. The highest BCUT2D eigenvalue weighted by molar-refractivity contribution is 6.03. The molecule has 0 aliphatic carbocycles. The Balaban J connectivity index is 1.38. The Labute approximate surface area is 180 Å². The molecule has 1 atom stereocenters. The van der Waals surface area contributed by atoms with E-state index in [0.29, 0.717) is 0 Å². The van der Waals surface area contributed by atoms with Crippen LogP contribution in [0.15, 0.2) is 102 Å². The summed E-state index contributed by atoms with van der Waals surface area (Å²) in [6.07, 6.45) is 9.37.